The van der Waals surface area contributed by atoms with Gasteiger partial charge in [0.05, 0.1) is 9.79 Å². The molecule has 0 heterocycles. The van der Waals surface area contributed by atoms with Crippen molar-refractivity contribution in [1.82, 2.24) is 0 Å². The molecule has 6 nitrogen and oxygen atoms in total. The van der Waals surface area contributed by atoms with Crippen LogP contribution in [0.4, 0.5) is 0 Å². The number of aryl methyl sites for hydroxylation is 2. The smallest absolute Gasteiger partial charge is 0.744 e. The molecular formula is C38H50CaO6S2. The van der Waals surface area contributed by atoms with E-state index in [9.17, 15) is 25.9 Å². The minimum Gasteiger partial charge on any atom is -0.744 e. The van der Waals surface area contributed by atoms with Gasteiger partial charge in [0, 0.05) is 0 Å². The summed E-state index contributed by atoms with van der Waals surface area (Å²) >= 11 is 0. The van der Waals surface area contributed by atoms with Gasteiger partial charge in [0.25, 0.3) is 0 Å². The fourth-order valence-electron chi connectivity index (χ4n) is 6.11. The van der Waals surface area contributed by atoms with Gasteiger partial charge < -0.3 is 9.11 Å². The number of hydrogen-bond donors (Lipinski definition) is 0. The molecule has 0 spiro atoms. The van der Waals surface area contributed by atoms with Gasteiger partial charge in [-0.3, -0.25) is 0 Å². The molecule has 0 fully saturated rings. The van der Waals surface area contributed by atoms with Crippen LogP contribution in [0.1, 0.15) is 115 Å². The summed E-state index contributed by atoms with van der Waals surface area (Å²) in [4.78, 5) is -0.0526. The Labute approximate surface area is 313 Å². The average molecular weight is 707 g/mol. The maximum Gasteiger partial charge on any atom is 2.00 e. The van der Waals surface area contributed by atoms with Crippen LogP contribution in [0.2, 0.25) is 0 Å². The van der Waals surface area contributed by atoms with Gasteiger partial charge in [-0.15, -0.1) is 0 Å². The van der Waals surface area contributed by atoms with Gasteiger partial charge in [-0.25, -0.2) is 16.8 Å². The van der Waals surface area contributed by atoms with Gasteiger partial charge >= 0.3 is 37.7 Å². The Kier molecular flexibility index (Phi) is 19.1. The summed E-state index contributed by atoms with van der Waals surface area (Å²) in [6.07, 6.45) is 17.7. The first-order chi connectivity index (χ1) is 22.1. The molecule has 0 unspecified atom stereocenters. The summed E-state index contributed by atoms with van der Waals surface area (Å²) in [5.41, 5.74) is 1.32. The van der Waals surface area contributed by atoms with E-state index in [1.807, 2.05) is 36.4 Å². The second kappa shape index (κ2) is 21.5. The molecule has 9 heteroatoms. The van der Waals surface area contributed by atoms with Crippen molar-refractivity contribution in [1.29, 1.82) is 0 Å². The number of unbranched alkanes of at least 4 members (excludes halogenated alkanes) is 12. The third-order valence-corrected chi connectivity index (χ3v) is 10.5. The van der Waals surface area contributed by atoms with E-state index >= 15 is 0 Å². The van der Waals surface area contributed by atoms with Crippen LogP contribution < -0.4 is 0 Å². The summed E-state index contributed by atoms with van der Waals surface area (Å²) in [7, 11) is -8.93. The van der Waals surface area contributed by atoms with Crippen LogP contribution in [0.15, 0.2) is 82.6 Å². The number of rotatable bonds is 18. The van der Waals surface area contributed by atoms with Crippen molar-refractivity contribution < 1.29 is 25.9 Å². The van der Waals surface area contributed by atoms with Crippen molar-refractivity contribution in [3.05, 3.63) is 83.9 Å². The van der Waals surface area contributed by atoms with Gasteiger partial charge in [0.15, 0.2) is 0 Å². The fourth-order valence-corrected chi connectivity index (χ4v) is 8.00. The quantitative estimate of drug-likeness (QED) is 0.0578. The summed E-state index contributed by atoms with van der Waals surface area (Å²) in [6, 6.07) is 21.7. The third-order valence-electron chi connectivity index (χ3n) is 8.52. The molecule has 4 aromatic carbocycles. The van der Waals surface area contributed by atoms with Crippen molar-refractivity contribution in [2.45, 2.75) is 126 Å². The minimum atomic E-state index is -4.46. The van der Waals surface area contributed by atoms with Gasteiger partial charge in [-0.05, 0) is 58.4 Å². The van der Waals surface area contributed by atoms with E-state index < -0.39 is 20.2 Å². The van der Waals surface area contributed by atoms with Crippen molar-refractivity contribution >= 4 is 79.5 Å². The Balaban J connectivity index is 0.000000320. The van der Waals surface area contributed by atoms with Crippen molar-refractivity contribution in [2.24, 2.45) is 0 Å². The minimum absolute atomic E-state index is 0. The Morgan fingerprint density at radius 3 is 1.11 bits per heavy atom. The maximum absolute atomic E-state index is 11.7. The molecule has 4 rings (SSSR count). The predicted molar refractivity (Wildman–Crippen MR) is 193 cm³/mol. The van der Waals surface area contributed by atoms with Crippen LogP contribution in [-0.4, -0.2) is 63.7 Å². The second-order valence-electron chi connectivity index (χ2n) is 12.2. The number of benzene rings is 4. The van der Waals surface area contributed by atoms with E-state index in [0.29, 0.717) is 34.7 Å². The SMILES string of the molecule is CCCCCCCCCc1ccc2ccccc2c1S(=O)(=O)[O-].CCCCCCCCCc1ccc2ccccc2c1S(=O)(=O)[O-].[Ca+2]. The molecule has 4 aromatic rings. The Morgan fingerprint density at radius 1 is 0.447 bits per heavy atom. The average Bonchev–Trinajstić information content (AvgIpc) is 3.02. The molecule has 0 radical (unpaired) electrons. The zero-order valence-electron chi connectivity index (χ0n) is 28.2. The summed E-state index contributed by atoms with van der Waals surface area (Å²) < 4.78 is 70.3. The van der Waals surface area contributed by atoms with Crippen LogP contribution in [0.5, 0.6) is 0 Å². The molecule has 0 aromatic heterocycles. The van der Waals surface area contributed by atoms with E-state index in [2.05, 4.69) is 13.8 Å². The summed E-state index contributed by atoms with van der Waals surface area (Å²) in [5, 5.41) is 2.68. The molecule has 0 aliphatic rings. The van der Waals surface area contributed by atoms with Gasteiger partial charge in [0.2, 0.25) is 0 Å². The Hall–Kier alpha value is -1.52. The summed E-state index contributed by atoms with van der Waals surface area (Å²) in [6.45, 7) is 4.40. The first kappa shape index (κ1) is 41.7. The molecule has 0 saturated carbocycles. The number of fused-ring (bicyclic) bond motifs is 2. The van der Waals surface area contributed by atoms with E-state index in [1.165, 1.54) is 64.2 Å². The molecule has 0 amide bonds. The molecule has 252 valence electrons. The molecule has 0 N–H and O–H groups in total. The molecule has 0 atom stereocenters. The first-order valence-electron chi connectivity index (χ1n) is 17.0. The van der Waals surface area contributed by atoms with Crippen LogP contribution in [0.25, 0.3) is 21.5 Å². The fraction of sp³-hybridized carbons (Fsp3) is 0.474. The first-order valence-corrected chi connectivity index (χ1v) is 19.8. The second-order valence-corrected chi connectivity index (χ2v) is 14.8. The van der Waals surface area contributed by atoms with E-state index in [4.69, 9.17) is 0 Å². The maximum atomic E-state index is 11.7. The largest absolute Gasteiger partial charge is 2.00 e. The predicted octanol–water partition coefficient (Wildman–Crippen LogP) is 9.69. The molecule has 0 saturated heterocycles. The Bertz CT molecular complexity index is 1610. The molecule has 0 aliphatic heterocycles. The molecule has 0 bridgehead atoms. The molecule has 47 heavy (non-hydrogen) atoms. The van der Waals surface area contributed by atoms with Crippen molar-refractivity contribution in [3.8, 4) is 0 Å². The van der Waals surface area contributed by atoms with Gasteiger partial charge in [-0.1, -0.05) is 164 Å². The summed E-state index contributed by atoms with van der Waals surface area (Å²) in [5.74, 6) is 0. The Morgan fingerprint density at radius 2 is 0.766 bits per heavy atom. The van der Waals surface area contributed by atoms with Crippen molar-refractivity contribution in [2.75, 3.05) is 0 Å². The monoisotopic (exact) mass is 706 g/mol. The van der Waals surface area contributed by atoms with E-state index in [1.54, 1.807) is 36.4 Å². The van der Waals surface area contributed by atoms with Crippen LogP contribution >= 0.6 is 0 Å². The molecular weight excluding hydrogens is 657 g/mol. The third kappa shape index (κ3) is 13.7. The van der Waals surface area contributed by atoms with Crippen LogP contribution in [0.3, 0.4) is 0 Å². The normalized spacial score (nSPS) is 11.7. The zero-order chi connectivity index (χ0) is 33.4. The van der Waals surface area contributed by atoms with Gasteiger partial charge in [0.1, 0.15) is 20.2 Å². The molecule has 0 aliphatic carbocycles. The van der Waals surface area contributed by atoms with Crippen molar-refractivity contribution in [3.63, 3.8) is 0 Å². The topological polar surface area (TPSA) is 114 Å². The zero-order valence-corrected chi connectivity index (χ0v) is 32.1. The van der Waals surface area contributed by atoms with E-state index in [0.717, 1.165) is 36.5 Å². The van der Waals surface area contributed by atoms with Gasteiger partial charge in [-0.2, -0.15) is 0 Å². The number of hydrogen-bond acceptors (Lipinski definition) is 6. The van der Waals surface area contributed by atoms with Crippen LogP contribution in [0, 0.1) is 0 Å². The standard InChI is InChI=1S/2C19H26O3S.Ca/c2*1-2-3-4-5-6-7-8-12-17-15-14-16-11-9-10-13-18(16)19(17)23(20,21)22;/h2*9-11,13-15H,2-8,12H2,1H3,(H,20,21,22);/q;;+2/p-2. The van der Waals surface area contributed by atoms with E-state index in [-0.39, 0.29) is 47.5 Å². The van der Waals surface area contributed by atoms with Crippen LogP contribution in [-0.2, 0) is 33.1 Å².